The van der Waals surface area contributed by atoms with E-state index in [1.165, 1.54) is 0 Å². The topological polar surface area (TPSA) is 74.5 Å². The number of carbonyl (C=O) groups excluding carboxylic acids is 1. The summed E-state index contributed by atoms with van der Waals surface area (Å²) >= 11 is 0. The van der Waals surface area contributed by atoms with Gasteiger partial charge >= 0.3 is 5.97 Å². The summed E-state index contributed by atoms with van der Waals surface area (Å²) in [6, 6.07) is 7.12. The molecule has 1 atom stereocenters. The first-order chi connectivity index (χ1) is 10.8. The molecule has 0 spiro atoms. The van der Waals surface area contributed by atoms with Crippen molar-refractivity contribution in [1.29, 1.82) is 0 Å². The minimum Gasteiger partial charge on any atom is -0.456 e. The van der Waals surface area contributed by atoms with E-state index in [1.54, 1.807) is 18.2 Å². The molecule has 0 bridgehead atoms. The fourth-order valence-electron chi connectivity index (χ4n) is 2.46. The summed E-state index contributed by atoms with van der Waals surface area (Å²) in [6.45, 7) is 1.12. The smallest absolute Gasteiger partial charge is 0.338 e. The van der Waals surface area contributed by atoms with E-state index in [1.807, 2.05) is 6.07 Å². The summed E-state index contributed by atoms with van der Waals surface area (Å²) in [5, 5.41) is 3.99. The molecule has 0 amide bonds. The molecule has 2 aromatic rings. The van der Waals surface area contributed by atoms with Crippen LogP contribution in [0.2, 0.25) is 0 Å². The molecule has 0 radical (unpaired) electrons. The van der Waals surface area contributed by atoms with Crippen LogP contribution < -0.4 is 0 Å². The van der Waals surface area contributed by atoms with E-state index in [4.69, 9.17) is 14.0 Å². The summed E-state index contributed by atoms with van der Waals surface area (Å²) in [5.74, 6) is 1.27. The van der Waals surface area contributed by atoms with Gasteiger partial charge in [0.15, 0.2) is 0 Å². The Hall–Kier alpha value is -2.21. The largest absolute Gasteiger partial charge is 0.456 e. The number of hydrogen-bond donors (Lipinski definition) is 0. The van der Waals surface area contributed by atoms with Gasteiger partial charge in [-0.3, -0.25) is 0 Å². The number of esters is 1. The normalized spacial score (nSPS) is 21.0. The van der Waals surface area contributed by atoms with Crippen LogP contribution >= 0.6 is 0 Å². The molecule has 1 saturated carbocycles. The highest BCUT2D eigenvalue weighted by Crippen LogP contribution is 2.39. The maximum absolute atomic E-state index is 12.2. The van der Waals surface area contributed by atoms with E-state index in [0.717, 1.165) is 24.8 Å². The van der Waals surface area contributed by atoms with Crippen molar-refractivity contribution in [3.63, 3.8) is 0 Å². The van der Waals surface area contributed by atoms with E-state index in [2.05, 4.69) is 10.1 Å². The van der Waals surface area contributed by atoms with Gasteiger partial charge in [-0.2, -0.15) is 4.98 Å². The number of aromatic nitrogens is 2. The molecule has 4 rings (SSSR count). The van der Waals surface area contributed by atoms with Crippen molar-refractivity contribution in [1.82, 2.24) is 10.1 Å². The lowest BCUT2D eigenvalue weighted by atomic mass is 10.1. The van der Waals surface area contributed by atoms with Gasteiger partial charge in [0.2, 0.25) is 11.7 Å². The zero-order valence-electron chi connectivity index (χ0n) is 12.0. The first-order valence-corrected chi connectivity index (χ1v) is 7.52. The molecule has 1 aromatic heterocycles. The van der Waals surface area contributed by atoms with E-state index < -0.39 is 0 Å². The Morgan fingerprint density at radius 1 is 1.27 bits per heavy atom. The Morgan fingerprint density at radius 3 is 2.95 bits per heavy atom. The number of ether oxygens (including phenoxy) is 2. The van der Waals surface area contributed by atoms with Crippen molar-refractivity contribution in [2.75, 3.05) is 13.2 Å². The average Bonchev–Trinajstić information content (AvgIpc) is 3.06. The van der Waals surface area contributed by atoms with Crippen LogP contribution in [0.15, 0.2) is 28.8 Å². The Labute approximate surface area is 127 Å². The Kier molecular flexibility index (Phi) is 3.38. The maximum atomic E-state index is 12.2. The van der Waals surface area contributed by atoms with Crippen molar-refractivity contribution in [2.24, 2.45) is 0 Å². The third-order valence-electron chi connectivity index (χ3n) is 3.89. The molecular weight excluding hydrogens is 284 g/mol. The van der Waals surface area contributed by atoms with Crippen molar-refractivity contribution in [3.05, 3.63) is 35.7 Å². The van der Waals surface area contributed by atoms with E-state index in [-0.39, 0.29) is 12.1 Å². The third-order valence-corrected chi connectivity index (χ3v) is 3.89. The van der Waals surface area contributed by atoms with Crippen LogP contribution in [0.1, 0.15) is 41.4 Å². The van der Waals surface area contributed by atoms with Crippen LogP contribution in [0.4, 0.5) is 0 Å². The SMILES string of the molecule is O=C(OC1CCOC1)c1cccc(-c2noc(C3CC3)n2)c1. The summed E-state index contributed by atoms with van der Waals surface area (Å²) < 4.78 is 15.9. The second kappa shape index (κ2) is 5.53. The monoisotopic (exact) mass is 300 g/mol. The maximum Gasteiger partial charge on any atom is 0.338 e. The summed E-state index contributed by atoms with van der Waals surface area (Å²) in [7, 11) is 0. The predicted molar refractivity (Wildman–Crippen MR) is 76.3 cm³/mol. The molecule has 1 aliphatic carbocycles. The molecule has 6 heteroatoms. The second-order valence-electron chi connectivity index (χ2n) is 5.70. The zero-order chi connectivity index (χ0) is 14.9. The van der Waals surface area contributed by atoms with Crippen molar-refractivity contribution in [3.8, 4) is 11.4 Å². The molecule has 1 saturated heterocycles. The summed E-state index contributed by atoms with van der Waals surface area (Å²) in [4.78, 5) is 16.6. The number of rotatable bonds is 4. The van der Waals surface area contributed by atoms with Gasteiger partial charge in [0.25, 0.3) is 0 Å². The average molecular weight is 300 g/mol. The zero-order valence-corrected chi connectivity index (χ0v) is 12.0. The molecule has 1 aliphatic heterocycles. The van der Waals surface area contributed by atoms with E-state index >= 15 is 0 Å². The lowest BCUT2D eigenvalue weighted by molar-refractivity contribution is 0.0270. The number of nitrogens with zero attached hydrogens (tertiary/aromatic N) is 2. The van der Waals surface area contributed by atoms with Gasteiger partial charge in [0.1, 0.15) is 6.10 Å². The molecule has 1 aromatic carbocycles. The minimum absolute atomic E-state index is 0.150. The molecule has 0 N–H and O–H groups in total. The highest BCUT2D eigenvalue weighted by molar-refractivity contribution is 5.90. The molecular formula is C16H16N2O4. The first kappa shape index (κ1) is 13.5. The summed E-state index contributed by atoms with van der Waals surface area (Å²) in [6.07, 6.45) is 2.82. The van der Waals surface area contributed by atoms with Crippen LogP contribution in [0.25, 0.3) is 11.4 Å². The summed E-state index contributed by atoms with van der Waals surface area (Å²) in [5.41, 5.74) is 1.25. The Bertz CT molecular complexity index is 687. The number of carbonyl (C=O) groups is 1. The molecule has 114 valence electrons. The van der Waals surface area contributed by atoms with Crippen LogP contribution in [0.3, 0.4) is 0 Å². The van der Waals surface area contributed by atoms with Gasteiger partial charge in [-0.1, -0.05) is 17.3 Å². The Morgan fingerprint density at radius 2 is 2.18 bits per heavy atom. The quantitative estimate of drug-likeness (QED) is 0.808. The van der Waals surface area contributed by atoms with Crippen LogP contribution in [-0.2, 0) is 9.47 Å². The van der Waals surface area contributed by atoms with Gasteiger partial charge in [-0.25, -0.2) is 4.79 Å². The minimum atomic E-state index is -0.344. The van der Waals surface area contributed by atoms with Crippen molar-refractivity contribution in [2.45, 2.75) is 31.3 Å². The second-order valence-corrected chi connectivity index (χ2v) is 5.70. The molecule has 1 unspecified atom stereocenters. The van der Waals surface area contributed by atoms with Gasteiger partial charge in [0.05, 0.1) is 18.8 Å². The number of benzene rings is 1. The molecule has 22 heavy (non-hydrogen) atoms. The van der Waals surface area contributed by atoms with E-state index in [0.29, 0.717) is 36.4 Å². The van der Waals surface area contributed by atoms with E-state index in [9.17, 15) is 4.79 Å². The fraction of sp³-hybridized carbons (Fsp3) is 0.438. The van der Waals surface area contributed by atoms with Gasteiger partial charge in [-0.15, -0.1) is 0 Å². The highest BCUT2D eigenvalue weighted by atomic mass is 16.6. The van der Waals surface area contributed by atoms with Gasteiger partial charge in [-0.05, 0) is 25.0 Å². The van der Waals surface area contributed by atoms with Gasteiger partial charge < -0.3 is 14.0 Å². The standard InChI is InChI=1S/C16H16N2O4/c19-16(21-13-6-7-20-9-13)12-3-1-2-11(8-12)14-17-15(22-18-14)10-4-5-10/h1-3,8,10,13H,4-7,9H2. The Balaban J connectivity index is 1.52. The highest BCUT2D eigenvalue weighted by Gasteiger charge is 2.30. The van der Waals surface area contributed by atoms with Crippen LogP contribution in [0.5, 0.6) is 0 Å². The first-order valence-electron chi connectivity index (χ1n) is 7.52. The molecule has 2 aliphatic rings. The molecule has 2 heterocycles. The fourth-order valence-corrected chi connectivity index (χ4v) is 2.46. The third kappa shape index (κ3) is 2.74. The number of hydrogen-bond acceptors (Lipinski definition) is 6. The van der Waals surface area contributed by atoms with Gasteiger partial charge in [0, 0.05) is 17.9 Å². The van der Waals surface area contributed by atoms with Crippen LogP contribution in [0, 0.1) is 0 Å². The molecule has 2 fully saturated rings. The van der Waals surface area contributed by atoms with Crippen LogP contribution in [-0.4, -0.2) is 35.4 Å². The lowest BCUT2D eigenvalue weighted by Gasteiger charge is -2.10. The van der Waals surface area contributed by atoms with Crippen molar-refractivity contribution < 1.29 is 18.8 Å². The molecule has 6 nitrogen and oxygen atoms in total. The van der Waals surface area contributed by atoms with Crippen molar-refractivity contribution >= 4 is 5.97 Å². The predicted octanol–water partition coefficient (Wildman–Crippen LogP) is 2.56. The lowest BCUT2D eigenvalue weighted by Crippen LogP contribution is -2.18.